The van der Waals surface area contributed by atoms with Crippen molar-refractivity contribution in [3.05, 3.63) is 72.2 Å². The van der Waals surface area contributed by atoms with Crippen molar-refractivity contribution in [2.24, 2.45) is 0 Å². The van der Waals surface area contributed by atoms with Crippen LogP contribution in [0.2, 0.25) is 0 Å². The van der Waals surface area contributed by atoms with Crippen molar-refractivity contribution in [3.8, 4) is 16.9 Å². The van der Waals surface area contributed by atoms with Gasteiger partial charge in [0.05, 0.1) is 19.4 Å². The molecule has 1 atom stereocenters. The van der Waals surface area contributed by atoms with Crippen molar-refractivity contribution in [2.75, 3.05) is 45.8 Å². The highest BCUT2D eigenvalue weighted by Crippen LogP contribution is 2.27. The lowest BCUT2D eigenvalue weighted by Crippen LogP contribution is -2.38. The van der Waals surface area contributed by atoms with Crippen LogP contribution < -0.4 is 9.64 Å². The first-order chi connectivity index (χ1) is 14.6. The normalized spacial score (nSPS) is 17.0. The zero-order valence-corrected chi connectivity index (χ0v) is 17.8. The quantitative estimate of drug-likeness (QED) is 0.623. The summed E-state index contributed by atoms with van der Waals surface area (Å²) in [5, 5.41) is 0. The van der Waals surface area contributed by atoms with E-state index >= 15 is 0 Å². The van der Waals surface area contributed by atoms with Gasteiger partial charge in [-0.15, -0.1) is 0 Å². The van der Waals surface area contributed by atoms with Crippen molar-refractivity contribution in [3.63, 3.8) is 0 Å². The molecule has 0 radical (unpaired) electrons. The van der Waals surface area contributed by atoms with E-state index in [1.54, 1.807) is 7.11 Å². The molecule has 6 nitrogen and oxygen atoms in total. The summed E-state index contributed by atoms with van der Waals surface area (Å²) in [6, 6.07) is 16.3. The average Bonchev–Trinajstić information content (AvgIpc) is 2.79. The first-order valence-corrected chi connectivity index (χ1v) is 10.2. The van der Waals surface area contributed by atoms with Crippen LogP contribution in [-0.2, 0) is 11.3 Å². The Kier molecular flexibility index (Phi) is 6.26. The third-order valence-electron chi connectivity index (χ3n) is 5.35. The molecule has 0 aliphatic carbocycles. The van der Waals surface area contributed by atoms with E-state index in [2.05, 4.69) is 39.0 Å². The molecule has 0 N–H and O–H groups in total. The van der Waals surface area contributed by atoms with E-state index in [0.717, 1.165) is 48.0 Å². The Balaban J connectivity index is 1.46. The largest absolute Gasteiger partial charge is 0.497 e. The molecule has 1 fully saturated rings. The molecule has 0 saturated carbocycles. The summed E-state index contributed by atoms with van der Waals surface area (Å²) < 4.78 is 11.4. The molecule has 1 aromatic carbocycles. The van der Waals surface area contributed by atoms with Crippen LogP contribution in [0.25, 0.3) is 11.1 Å². The number of anilines is 1. The lowest BCUT2D eigenvalue weighted by Gasteiger charge is -2.33. The van der Waals surface area contributed by atoms with Crippen LogP contribution in [0.15, 0.2) is 60.9 Å². The molecular formula is C24H28N4O2. The fourth-order valence-electron chi connectivity index (χ4n) is 3.79. The second-order valence-corrected chi connectivity index (χ2v) is 7.68. The molecule has 0 bridgehead atoms. The van der Waals surface area contributed by atoms with Gasteiger partial charge in [-0.2, -0.15) is 0 Å². The van der Waals surface area contributed by atoms with E-state index < -0.39 is 0 Å². The van der Waals surface area contributed by atoms with Gasteiger partial charge in [-0.25, -0.2) is 4.98 Å². The molecule has 1 saturated heterocycles. The standard InChI is InChI=1S/C24H28N4O2/c1-27(2)24-20(7-5-11-25-24)16-28-12-13-30-23(17-28)22-10-9-19(15-26-22)18-6-4-8-21(14-18)29-3/h4-11,14-15,23H,12-13,16-17H2,1-3H3. The van der Waals surface area contributed by atoms with Gasteiger partial charge in [0.2, 0.25) is 0 Å². The van der Waals surface area contributed by atoms with E-state index in [1.807, 2.05) is 50.8 Å². The highest BCUT2D eigenvalue weighted by atomic mass is 16.5. The lowest BCUT2D eigenvalue weighted by molar-refractivity contribution is -0.0349. The number of hydrogen-bond donors (Lipinski definition) is 0. The van der Waals surface area contributed by atoms with Gasteiger partial charge in [0.1, 0.15) is 17.7 Å². The molecule has 4 rings (SSSR count). The SMILES string of the molecule is COc1cccc(-c2ccc(C3CN(Cc4cccnc4N(C)C)CCO3)nc2)c1. The summed E-state index contributed by atoms with van der Waals surface area (Å²) in [7, 11) is 5.74. The average molecular weight is 405 g/mol. The summed E-state index contributed by atoms with van der Waals surface area (Å²) in [5.41, 5.74) is 4.35. The lowest BCUT2D eigenvalue weighted by atomic mass is 10.1. The third kappa shape index (κ3) is 4.61. The van der Waals surface area contributed by atoms with Gasteiger partial charge in [-0.3, -0.25) is 9.88 Å². The van der Waals surface area contributed by atoms with Gasteiger partial charge in [0.25, 0.3) is 0 Å². The van der Waals surface area contributed by atoms with Crippen molar-refractivity contribution in [2.45, 2.75) is 12.6 Å². The van der Waals surface area contributed by atoms with Gasteiger partial charge in [0, 0.05) is 57.3 Å². The topological polar surface area (TPSA) is 50.7 Å². The minimum Gasteiger partial charge on any atom is -0.497 e. The van der Waals surface area contributed by atoms with Crippen LogP contribution in [-0.4, -0.2) is 55.8 Å². The van der Waals surface area contributed by atoms with E-state index in [-0.39, 0.29) is 6.10 Å². The van der Waals surface area contributed by atoms with Crippen LogP contribution in [0.3, 0.4) is 0 Å². The first-order valence-electron chi connectivity index (χ1n) is 10.2. The van der Waals surface area contributed by atoms with Gasteiger partial charge in [-0.05, 0) is 29.8 Å². The summed E-state index contributed by atoms with van der Waals surface area (Å²) >= 11 is 0. The molecular weight excluding hydrogens is 376 g/mol. The molecule has 6 heteroatoms. The molecule has 3 aromatic rings. The number of aromatic nitrogens is 2. The van der Waals surface area contributed by atoms with Crippen LogP contribution in [0.4, 0.5) is 5.82 Å². The monoisotopic (exact) mass is 404 g/mol. The molecule has 1 aliphatic heterocycles. The van der Waals surface area contributed by atoms with E-state index in [1.165, 1.54) is 5.56 Å². The molecule has 30 heavy (non-hydrogen) atoms. The Bertz CT molecular complexity index is 975. The molecule has 2 aromatic heterocycles. The zero-order chi connectivity index (χ0) is 20.9. The second kappa shape index (κ2) is 9.24. The Hall–Kier alpha value is -2.96. The highest BCUT2D eigenvalue weighted by molar-refractivity contribution is 5.64. The fourth-order valence-corrected chi connectivity index (χ4v) is 3.79. The fraction of sp³-hybridized carbons (Fsp3) is 0.333. The minimum atomic E-state index is -0.0300. The number of pyridine rings is 2. The Morgan fingerprint density at radius 2 is 2.00 bits per heavy atom. The molecule has 0 spiro atoms. The maximum Gasteiger partial charge on any atom is 0.132 e. The van der Waals surface area contributed by atoms with Crippen LogP contribution in [0.5, 0.6) is 5.75 Å². The van der Waals surface area contributed by atoms with Crippen molar-refractivity contribution in [1.29, 1.82) is 0 Å². The van der Waals surface area contributed by atoms with Crippen molar-refractivity contribution < 1.29 is 9.47 Å². The van der Waals surface area contributed by atoms with E-state index in [9.17, 15) is 0 Å². The van der Waals surface area contributed by atoms with Gasteiger partial charge < -0.3 is 14.4 Å². The Morgan fingerprint density at radius 1 is 1.10 bits per heavy atom. The number of morpholine rings is 1. The van der Waals surface area contributed by atoms with E-state index in [0.29, 0.717) is 6.61 Å². The Morgan fingerprint density at radius 3 is 2.77 bits per heavy atom. The summed E-state index contributed by atoms with van der Waals surface area (Å²) in [5.74, 6) is 1.86. The number of hydrogen-bond acceptors (Lipinski definition) is 6. The Labute approximate surface area is 178 Å². The van der Waals surface area contributed by atoms with Crippen molar-refractivity contribution >= 4 is 5.82 Å². The van der Waals surface area contributed by atoms with Gasteiger partial charge in [-0.1, -0.05) is 24.3 Å². The number of rotatable bonds is 6. The smallest absolute Gasteiger partial charge is 0.132 e. The molecule has 0 amide bonds. The predicted molar refractivity (Wildman–Crippen MR) is 119 cm³/mol. The number of methoxy groups -OCH3 is 1. The van der Waals surface area contributed by atoms with Crippen LogP contribution >= 0.6 is 0 Å². The molecule has 156 valence electrons. The maximum absolute atomic E-state index is 6.04. The number of benzene rings is 1. The molecule has 1 aliphatic rings. The summed E-state index contributed by atoms with van der Waals surface area (Å²) in [4.78, 5) is 13.7. The minimum absolute atomic E-state index is 0.0300. The summed E-state index contributed by atoms with van der Waals surface area (Å²) in [6.07, 6.45) is 3.73. The van der Waals surface area contributed by atoms with Gasteiger partial charge >= 0.3 is 0 Å². The van der Waals surface area contributed by atoms with Crippen LogP contribution in [0, 0.1) is 0 Å². The zero-order valence-electron chi connectivity index (χ0n) is 17.8. The molecule has 3 heterocycles. The summed E-state index contributed by atoms with van der Waals surface area (Å²) in [6.45, 7) is 3.26. The van der Waals surface area contributed by atoms with Crippen LogP contribution in [0.1, 0.15) is 17.4 Å². The molecule has 1 unspecified atom stereocenters. The predicted octanol–water partition coefficient (Wildman–Crippen LogP) is 3.79. The second-order valence-electron chi connectivity index (χ2n) is 7.68. The van der Waals surface area contributed by atoms with Gasteiger partial charge in [0.15, 0.2) is 0 Å². The maximum atomic E-state index is 6.04. The number of ether oxygens (including phenoxy) is 2. The highest BCUT2D eigenvalue weighted by Gasteiger charge is 2.24. The number of nitrogens with zero attached hydrogens (tertiary/aromatic N) is 4. The third-order valence-corrected chi connectivity index (χ3v) is 5.35. The first kappa shape index (κ1) is 20.3. The van der Waals surface area contributed by atoms with Crippen molar-refractivity contribution in [1.82, 2.24) is 14.9 Å². The van der Waals surface area contributed by atoms with E-state index in [4.69, 9.17) is 14.5 Å².